The highest BCUT2D eigenvalue weighted by Gasteiger charge is 2.26. The molecule has 1 aromatic heterocycles. The fourth-order valence-corrected chi connectivity index (χ4v) is 4.21. The molecule has 4 nitrogen and oxygen atoms in total. The van der Waals surface area contributed by atoms with Crippen LogP contribution >= 0.6 is 11.3 Å². The van der Waals surface area contributed by atoms with Crippen LogP contribution in [-0.4, -0.2) is 62.1 Å². The number of guanidine groups is 1. The third-order valence-electron chi connectivity index (χ3n) is 4.84. The molecule has 2 heterocycles. The number of likely N-dealkylation sites (tertiary alicyclic amines) is 1. The van der Waals surface area contributed by atoms with Crippen molar-refractivity contribution >= 4 is 17.3 Å². The average Bonchev–Trinajstić information content (AvgIpc) is 3.19. The molecule has 1 fully saturated rings. The minimum atomic E-state index is 0.119. The second-order valence-corrected chi connectivity index (χ2v) is 8.01. The molecular formula is C18H32N4S. The minimum Gasteiger partial charge on any atom is -0.355 e. The first-order chi connectivity index (χ1) is 11.0. The van der Waals surface area contributed by atoms with Crippen molar-refractivity contribution in [1.29, 1.82) is 0 Å². The molecule has 1 N–H and O–H groups in total. The second kappa shape index (κ2) is 8.15. The van der Waals surface area contributed by atoms with E-state index >= 15 is 0 Å². The number of hydrogen-bond acceptors (Lipinski definition) is 3. The van der Waals surface area contributed by atoms with Gasteiger partial charge >= 0.3 is 0 Å². The molecule has 0 saturated carbocycles. The van der Waals surface area contributed by atoms with Crippen molar-refractivity contribution in [2.75, 3.05) is 40.3 Å². The Bertz CT molecular complexity index is 495. The lowest BCUT2D eigenvalue weighted by Gasteiger charge is -2.31. The van der Waals surface area contributed by atoms with Gasteiger partial charge in [-0.15, -0.1) is 11.3 Å². The quantitative estimate of drug-likeness (QED) is 0.640. The van der Waals surface area contributed by atoms with Gasteiger partial charge in [-0.05, 0) is 37.4 Å². The Labute approximate surface area is 145 Å². The molecule has 0 bridgehead atoms. The summed E-state index contributed by atoms with van der Waals surface area (Å²) in [6.07, 6.45) is 2.62. The van der Waals surface area contributed by atoms with Crippen molar-refractivity contribution < 1.29 is 0 Å². The highest BCUT2D eigenvalue weighted by atomic mass is 32.1. The summed E-state index contributed by atoms with van der Waals surface area (Å²) in [5, 5.41) is 5.72. The van der Waals surface area contributed by atoms with Crippen LogP contribution in [-0.2, 0) is 5.41 Å². The maximum atomic E-state index is 4.48. The van der Waals surface area contributed by atoms with E-state index in [1.165, 1.54) is 24.3 Å². The van der Waals surface area contributed by atoms with E-state index in [1.807, 2.05) is 18.4 Å². The molecule has 0 aliphatic carbocycles. The summed E-state index contributed by atoms with van der Waals surface area (Å²) in [6.45, 7) is 11.2. The number of thiophene rings is 1. The van der Waals surface area contributed by atoms with Crippen molar-refractivity contribution in [2.45, 2.75) is 45.1 Å². The molecule has 0 radical (unpaired) electrons. The van der Waals surface area contributed by atoms with Crippen molar-refractivity contribution in [3.63, 3.8) is 0 Å². The van der Waals surface area contributed by atoms with Gasteiger partial charge in [0.05, 0.1) is 0 Å². The van der Waals surface area contributed by atoms with Gasteiger partial charge in [0.25, 0.3) is 0 Å². The van der Waals surface area contributed by atoms with Crippen LogP contribution in [0.3, 0.4) is 0 Å². The molecule has 0 aromatic carbocycles. The van der Waals surface area contributed by atoms with E-state index in [4.69, 9.17) is 0 Å². The monoisotopic (exact) mass is 336 g/mol. The zero-order valence-electron chi connectivity index (χ0n) is 15.3. The van der Waals surface area contributed by atoms with Crippen molar-refractivity contribution in [1.82, 2.24) is 15.1 Å². The van der Waals surface area contributed by atoms with Crippen LogP contribution in [0.2, 0.25) is 0 Å². The molecule has 1 unspecified atom stereocenters. The van der Waals surface area contributed by atoms with Gasteiger partial charge in [0.15, 0.2) is 5.96 Å². The predicted octanol–water partition coefficient (Wildman–Crippen LogP) is 3.02. The van der Waals surface area contributed by atoms with Crippen LogP contribution in [0, 0.1) is 0 Å². The van der Waals surface area contributed by atoms with Crippen molar-refractivity contribution in [2.24, 2.45) is 4.99 Å². The third-order valence-corrected chi connectivity index (χ3v) is 6.08. The summed E-state index contributed by atoms with van der Waals surface area (Å²) >= 11 is 1.83. The average molecular weight is 337 g/mol. The largest absolute Gasteiger partial charge is 0.355 e. The van der Waals surface area contributed by atoms with Crippen LogP contribution in [0.5, 0.6) is 0 Å². The fourth-order valence-electron chi connectivity index (χ4n) is 3.36. The molecule has 0 amide bonds. The first-order valence-electron chi connectivity index (χ1n) is 8.67. The fraction of sp³-hybridized carbons (Fsp3) is 0.722. The first-order valence-corrected chi connectivity index (χ1v) is 9.55. The Morgan fingerprint density at radius 2 is 2.30 bits per heavy atom. The van der Waals surface area contributed by atoms with Gasteiger partial charge in [0.1, 0.15) is 0 Å². The Kier molecular flexibility index (Phi) is 6.48. The van der Waals surface area contributed by atoms with Crippen LogP contribution in [0.4, 0.5) is 0 Å². The molecule has 130 valence electrons. The first kappa shape index (κ1) is 18.3. The smallest absolute Gasteiger partial charge is 0.193 e. The zero-order chi connectivity index (χ0) is 16.9. The zero-order valence-corrected chi connectivity index (χ0v) is 16.1. The standard InChI is InChI=1S/C18H32N4S/c1-6-22-11-7-9-15(22)13-21(5)17(19-4)20-14-18(2,3)16-10-8-12-23-16/h8,10,12,15H,6-7,9,11,13-14H2,1-5H3,(H,19,20). The lowest BCUT2D eigenvalue weighted by molar-refractivity contribution is 0.232. The molecule has 1 aliphatic heterocycles. The van der Waals surface area contributed by atoms with Gasteiger partial charge in [0, 0.05) is 43.5 Å². The Balaban J connectivity index is 1.89. The van der Waals surface area contributed by atoms with Gasteiger partial charge in [-0.3, -0.25) is 9.89 Å². The number of rotatable bonds is 6. The highest BCUT2D eigenvalue weighted by molar-refractivity contribution is 7.10. The highest BCUT2D eigenvalue weighted by Crippen LogP contribution is 2.26. The predicted molar refractivity (Wildman–Crippen MR) is 102 cm³/mol. The van der Waals surface area contributed by atoms with Gasteiger partial charge in [-0.25, -0.2) is 0 Å². The number of nitrogens with zero attached hydrogens (tertiary/aromatic N) is 3. The van der Waals surface area contributed by atoms with Crippen molar-refractivity contribution in [3.05, 3.63) is 22.4 Å². The summed E-state index contributed by atoms with van der Waals surface area (Å²) in [7, 11) is 4.03. The van der Waals surface area contributed by atoms with E-state index in [1.54, 1.807) is 0 Å². The minimum absolute atomic E-state index is 0.119. The molecule has 2 rings (SSSR count). The van der Waals surface area contributed by atoms with Gasteiger partial charge < -0.3 is 10.2 Å². The van der Waals surface area contributed by atoms with Gasteiger partial charge in [0.2, 0.25) is 0 Å². The summed E-state index contributed by atoms with van der Waals surface area (Å²) in [5.74, 6) is 0.998. The van der Waals surface area contributed by atoms with Crippen LogP contribution in [0.25, 0.3) is 0 Å². The summed E-state index contributed by atoms with van der Waals surface area (Å²) in [4.78, 5) is 10.8. The normalized spacial score (nSPS) is 20.0. The molecule has 1 aliphatic rings. The number of nitrogens with one attached hydrogen (secondary N) is 1. The van der Waals surface area contributed by atoms with Crippen LogP contribution in [0.15, 0.2) is 22.5 Å². The number of hydrogen-bond donors (Lipinski definition) is 1. The van der Waals surface area contributed by atoms with E-state index in [9.17, 15) is 0 Å². The summed E-state index contributed by atoms with van der Waals surface area (Å²) < 4.78 is 0. The summed E-state index contributed by atoms with van der Waals surface area (Å²) in [5.41, 5.74) is 0.119. The maximum Gasteiger partial charge on any atom is 0.193 e. The summed E-state index contributed by atoms with van der Waals surface area (Å²) in [6, 6.07) is 5.01. The molecule has 23 heavy (non-hydrogen) atoms. The maximum absolute atomic E-state index is 4.48. The van der Waals surface area contributed by atoms with Crippen molar-refractivity contribution in [3.8, 4) is 0 Å². The van der Waals surface area contributed by atoms with Crippen LogP contribution in [0.1, 0.15) is 38.5 Å². The topological polar surface area (TPSA) is 30.9 Å². The molecule has 0 spiro atoms. The molecule has 1 atom stereocenters. The van der Waals surface area contributed by atoms with E-state index in [0.29, 0.717) is 6.04 Å². The van der Waals surface area contributed by atoms with Gasteiger partial charge in [-0.2, -0.15) is 0 Å². The Morgan fingerprint density at radius 1 is 1.52 bits per heavy atom. The Morgan fingerprint density at radius 3 is 2.91 bits per heavy atom. The van der Waals surface area contributed by atoms with Crippen LogP contribution < -0.4 is 5.32 Å². The SMILES string of the molecule is CCN1CCCC1CN(C)C(=NC)NCC(C)(C)c1cccs1. The molecule has 5 heteroatoms. The lowest BCUT2D eigenvalue weighted by atomic mass is 9.91. The molecule has 1 saturated heterocycles. The van der Waals surface area contributed by atoms with E-state index in [2.05, 4.69) is 65.4 Å². The second-order valence-electron chi connectivity index (χ2n) is 7.07. The van der Waals surface area contributed by atoms with E-state index < -0.39 is 0 Å². The third kappa shape index (κ3) is 4.70. The molecule has 1 aromatic rings. The lowest BCUT2D eigenvalue weighted by Crippen LogP contribution is -2.48. The van der Waals surface area contributed by atoms with E-state index in [-0.39, 0.29) is 5.41 Å². The number of likely N-dealkylation sites (N-methyl/N-ethyl adjacent to an activating group) is 2. The molecular weight excluding hydrogens is 304 g/mol. The van der Waals surface area contributed by atoms with Gasteiger partial charge in [-0.1, -0.05) is 26.8 Å². The van der Waals surface area contributed by atoms with E-state index in [0.717, 1.165) is 25.6 Å². The Hall–Kier alpha value is -1.07. The number of aliphatic imine (C=N–C) groups is 1.